The Morgan fingerprint density at radius 2 is 0.603 bits per heavy atom. The molecular formula is C72H36S. The van der Waals surface area contributed by atoms with Gasteiger partial charge in [0.25, 0.3) is 0 Å². The highest BCUT2D eigenvalue weighted by Gasteiger charge is 2.30. The molecule has 0 nitrogen and oxygen atoms in total. The van der Waals surface area contributed by atoms with Crippen LogP contribution in [0.5, 0.6) is 0 Å². The Hall–Kier alpha value is -9.14. The number of fused-ring (bicyclic) bond motifs is 16. The first-order valence-electron chi connectivity index (χ1n) is 25.6. The maximum atomic E-state index is 2.53. The molecule has 0 unspecified atom stereocenters. The number of hydrogen-bond acceptors (Lipinski definition) is 1. The van der Waals surface area contributed by atoms with Crippen molar-refractivity contribution in [2.75, 3.05) is 0 Å². The highest BCUT2D eigenvalue weighted by molar-refractivity contribution is 7.22. The SMILES string of the molecule is c1ccc(-c2c3c4cccc5cccc(c3c(-c3ccccc3)c3c6ccc7c8ccc9c%10c(ccc(c%11ccc(c23)c6c%117)c8%10)c2cc3cc(-c6cc7ccccc7s6)cc6c7ccccc7c(c36)c29)c54)cc1. The summed E-state index contributed by atoms with van der Waals surface area (Å²) < 4.78 is 1.33. The van der Waals surface area contributed by atoms with Crippen molar-refractivity contribution >= 4 is 172 Å². The minimum atomic E-state index is 1.26. The van der Waals surface area contributed by atoms with Gasteiger partial charge in [0.05, 0.1) is 0 Å². The van der Waals surface area contributed by atoms with Crippen LogP contribution in [-0.2, 0) is 0 Å². The highest BCUT2D eigenvalue weighted by atomic mass is 32.1. The molecule has 0 radical (unpaired) electrons. The third-order valence-corrected chi connectivity index (χ3v) is 18.7. The summed E-state index contributed by atoms with van der Waals surface area (Å²) >= 11 is 1.89. The van der Waals surface area contributed by atoms with Crippen LogP contribution in [0.3, 0.4) is 0 Å². The number of thiophene rings is 1. The summed E-state index contributed by atoms with van der Waals surface area (Å²) in [5.74, 6) is 0. The molecule has 0 aliphatic carbocycles. The van der Waals surface area contributed by atoms with Crippen molar-refractivity contribution in [2.24, 2.45) is 0 Å². The van der Waals surface area contributed by atoms with Crippen LogP contribution in [0.4, 0.5) is 0 Å². The Labute approximate surface area is 420 Å². The monoisotopic (exact) mass is 932 g/mol. The molecule has 1 heterocycles. The second kappa shape index (κ2) is 13.0. The Morgan fingerprint density at radius 3 is 1.21 bits per heavy atom. The Morgan fingerprint density at radius 1 is 0.192 bits per heavy atom. The van der Waals surface area contributed by atoms with Gasteiger partial charge in [-0.1, -0.05) is 188 Å². The van der Waals surface area contributed by atoms with Gasteiger partial charge in [-0.05, 0) is 214 Å². The van der Waals surface area contributed by atoms with E-state index in [0.29, 0.717) is 0 Å². The largest absolute Gasteiger partial charge is 0.135 e. The van der Waals surface area contributed by atoms with Crippen molar-refractivity contribution in [1.29, 1.82) is 0 Å². The molecule has 1 aromatic heterocycles. The molecule has 330 valence electrons. The highest BCUT2D eigenvalue weighted by Crippen LogP contribution is 2.58. The maximum Gasteiger partial charge on any atom is 0.0355 e. The standard InChI is InChI=1S/C72H36S/c1-3-13-38(14-4-1)61-69-50-22-11-18-37-19-12-23-51(59(37)50)70(69)62(39-15-5-2-6-16-39)72-54-32-29-48-46-27-30-52-65-49(26-25-45(63(46)65)47-28-31-53(71(61)72)66(54)64(47)48)56-35-42-33-41(58-36-40-17-7-10-24-57(40)73-58)34-55-43-20-8-9-21-44(43)68(60(42)55)67(52)56/h1-36H. The van der Waals surface area contributed by atoms with Gasteiger partial charge in [0, 0.05) is 9.58 Å². The van der Waals surface area contributed by atoms with Crippen LogP contribution in [0.2, 0.25) is 0 Å². The average Bonchev–Trinajstić information content (AvgIpc) is 4.32. The molecule has 73 heavy (non-hydrogen) atoms. The molecule has 0 saturated carbocycles. The van der Waals surface area contributed by atoms with E-state index < -0.39 is 0 Å². The van der Waals surface area contributed by atoms with E-state index in [9.17, 15) is 0 Å². The molecule has 0 atom stereocenters. The third kappa shape index (κ3) is 4.45. The topological polar surface area (TPSA) is 0 Å². The molecule has 0 amide bonds. The van der Waals surface area contributed by atoms with Crippen LogP contribution in [0.15, 0.2) is 218 Å². The molecule has 0 aliphatic rings. The fraction of sp³-hybridized carbons (Fsp3) is 0. The Balaban J connectivity index is 0.966. The van der Waals surface area contributed by atoms with Gasteiger partial charge in [-0.15, -0.1) is 11.3 Å². The summed E-state index contributed by atoms with van der Waals surface area (Å²) in [5, 5.41) is 39.0. The average molecular weight is 933 g/mol. The summed E-state index contributed by atoms with van der Waals surface area (Å²) in [6.07, 6.45) is 0. The second-order valence-electron chi connectivity index (χ2n) is 20.8. The predicted octanol–water partition coefficient (Wildman–Crippen LogP) is 21.2. The maximum absolute atomic E-state index is 2.53. The molecule has 0 aliphatic heterocycles. The van der Waals surface area contributed by atoms with E-state index in [1.54, 1.807) is 0 Å². The minimum absolute atomic E-state index is 1.26. The van der Waals surface area contributed by atoms with Crippen molar-refractivity contribution < 1.29 is 0 Å². The van der Waals surface area contributed by atoms with E-state index in [1.807, 2.05) is 11.3 Å². The number of hydrogen-bond donors (Lipinski definition) is 0. The molecule has 0 fully saturated rings. The van der Waals surface area contributed by atoms with Crippen molar-refractivity contribution in [3.63, 3.8) is 0 Å². The van der Waals surface area contributed by atoms with E-state index in [1.165, 1.54) is 194 Å². The molecule has 0 bridgehead atoms. The van der Waals surface area contributed by atoms with Gasteiger partial charge >= 0.3 is 0 Å². The lowest BCUT2D eigenvalue weighted by atomic mass is 9.87. The van der Waals surface area contributed by atoms with Gasteiger partial charge in [-0.2, -0.15) is 0 Å². The lowest BCUT2D eigenvalue weighted by Gasteiger charge is -2.15. The van der Waals surface area contributed by atoms with Gasteiger partial charge < -0.3 is 0 Å². The fourth-order valence-electron chi connectivity index (χ4n) is 14.8. The van der Waals surface area contributed by atoms with Crippen molar-refractivity contribution in [3.05, 3.63) is 218 Å². The first kappa shape index (κ1) is 37.7. The summed E-state index contributed by atoms with van der Waals surface area (Å²) in [4.78, 5) is 1.32. The van der Waals surface area contributed by atoms with Crippen LogP contribution in [0, 0.1) is 0 Å². The van der Waals surface area contributed by atoms with Crippen LogP contribution < -0.4 is 0 Å². The van der Waals surface area contributed by atoms with Crippen LogP contribution in [0.1, 0.15) is 0 Å². The summed E-state index contributed by atoms with van der Waals surface area (Å²) in [6.45, 7) is 0. The zero-order valence-corrected chi connectivity index (χ0v) is 40.0. The van der Waals surface area contributed by atoms with E-state index in [-0.39, 0.29) is 0 Å². The molecule has 18 aromatic carbocycles. The quantitative estimate of drug-likeness (QED) is 0.122. The lowest BCUT2D eigenvalue weighted by molar-refractivity contribution is 1.68. The third-order valence-electron chi connectivity index (χ3n) is 17.5. The van der Waals surface area contributed by atoms with E-state index in [2.05, 4.69) is 218 Å². The van der Waals surface area contributed by atoms with Gasteiger partial charge in [0.1, 0.15) is 0 Å². The van der Waals surface area contributed by atoms with Gasteiger partial charge in [-0.25, -0.2) is 0 Å². The zero-order valence-electron chi connectivity index (χ0n) is 39.2. The van der Waals surface area contributed by atoms with Crippen LogP contribution in [-0.4, -0.2) is 0 Å². The van der Waals surface area contributed by atoms with Crippen LogP contribution >= 0.6 is 11.3 Å². The lowest BCUT2D eigenvalue weighted by Crippen LogP contribution is -1.87. The molecule has 0 spiro atoms. The predicted molar refractivity (Wildman–Crippen MR) is 319 cm³/mol. The Bertz CT molecular complexity index is 5380. The molecule has 0 saturated heterocycles. The molecule has 19 rings (SSSR count). The van der Waals surface area contributed by atoms with E-state index in [0.717, 1.165) is 0 Å². The normalized spacial score (nSPS) is 12.9. The van der Waals surface area contributed by atoms with Gasteiger partial charge in [0.2, 0.25) is 0 Å². The number of rotatable bonds is 3. The van der Waals surface area contributed by atoms with Crippen molar-refractivity contribution in [2.45, 2.75) is 0 Å². The summed E-state index contributed by atoms with van der Waals surface area (Å²) in [7, 11) is 0. The van der Waals surface area contributed by atoms with E-state index in [4.69, 9.17) is 0 Å². The van der Waals surface area contributed by atoms with Crippen LogP contribution in [0.25, 0.3) is 194 Å². The molecule has 0 N–H and O–H groups in total. The zero-order chi connectivity index (χ0) is 46.9. The van der Waals surface area contributed by atoms with E-state index >= 15 is 0 Å². The summed E-state index contributed by atoms with van der Waals surface area (Å²) in [5.41, 5.74) is 6.47. The smallest absolute Gasteiger partial charge is 0.0355 e. The first-order chi connectivity index (χ1) is 36.2. The fourth-order valence-corrected chi connectivity index (χ4v) is 15.9. The minimum Gasteiger partial charge on any atom is -0.135 e. The Kier molecular flexibility index (Phi) is 6.72. The number of benzene rings is 14. The van der Waals surface area contributed by atoms with Gasteiger partial charge in [-0.3, -0.25) is 0 Å². The molecule has 1 heteroatoms. The van der Waals surface area contributed by atoms with Crippen molar-refractivity contribution in [3.8, 4) is 32.7 Å². The van der Waals surface area contributed by atoms with Crippen molar-refractivity contribution in [1.82, 2.24) is 0 Å². The second-order valence-corrected chi connectivity index (χ2v) is 21.9. The molecule has 19 aromatic rings. The molecular weight excluding hydrogens is 897 g/mol. The first-order valence-corrected chi connectivity index (χ1v) is 26.4. The summed E-state index contributed by atoms with van der Waals surface area (Å²) in [6, 6.07) is 83.8. The van der Waals surface area contributed by atoms with Gasteiger partial charge in [0.15, 0.2) is 0 Å².